The number of carbonyl (C=O) groups is 2. The Morgan fingerprint density at radius 3 is 2.10 bits per heavy atom. The van der Waals surface area contributed by atoms with Crippen molar-refractivity contribution in [3.8, 4) is 0 Å². The summed E-state index contributed by atoms with van der Waals surface area (Å²) in [6, 6.07) is 6.94. The van der Waals surface area contributed by atoms with Crippen LogP contribution in [0.25, 0.3) is 0 Å². The van der Waals surface area contributed by atoms with Crippen LogP contribution in [0.2, 0.25) is 5.02 Å². The monoisotopic (exact) mass is 306 g/mol. The van der Waals surface area contributed by atoms with Gasteiger partial charge < -0.3 is 9.80 Å². The van der Waals surface area contributed by atoms with Crippen LogP contribution in [0.4, 0.5) is 0 Å². The van der Waals surface area contributed by atoms with Gasteiger partial charge in [0.15, 0.2) is 0 Å². The largest absolute Gasteiger partial charge is 0.339 e. The van der Waals surface area contributed by atoms with Gasteiger partial charge in [-0.25, -0.2) is 0 Å². The molecule has 5 heteroatoms. The summed E-state index contributed by atoms with van der Waals surface area (Å²) in [5.41, 5.74) is 0.648. The fraction of sp³-hybridized carbons (Fsp3) is 0.500. The van der Waals surface area contributed by atoms with Crippen LogP contribution >= 0.6 is 11.6 Å². The molecule has 0 bridgehead atoms. The number of hydrogen-bond acceptors (Lipinski definition) is 2. The molecular formula is C16H19ClN2O2. The van der Waals surface area contributed by atoms with Gasteiger partial charge in [0.05, 0.1) is 0 Å². The number of carbonyl (C=O) groups excluding carboxylic acids is 2. The summed E-state index contributed by atoms with van der Waals surface area (Å²) in [5, 5.41) is 0.625. The zero-order valence-electron chi connectivity index (χ0n) is 12.1. The van der Waals surface area contributed by atoms with Crippen LogP contribution in [-0.4, -0.2) is 47.8 Å². The smallest absolute Gasteiger partial charge is 0.253 e. The Hall–Kier alpha value is -1.55. The van der Waals surface area contributed by atoms with E-state index in [1.54, 1.807) is 24.3 Å². The van der Waals surface area contributed by atoms with Gasteiger partial charge in [-0.15, -0.1) is 0 Å². The molecule has 2 unspecified atom stereocenters. The van der Waals surface area contributed by atoms with Gasteiger partial charge in [0, 0.05) is 42.7 Å². The molecule has 2 atom stereocenters. The van der Waals surface area contributed by atoms with E-state index in [4.69, 9.17) is 11.6 Å². The molecule has 1 saturated carbocycles. The highest BCUT2D eigenvalue weighted by Gasteiger charge is 2.42. The molecule has 1 aromatic rings. The lowest BCUT2D eigenvalue weighted by Gasteiger charge is -2.35. The zero-order valence-corrected chi connectivity index (χ0v) is 12.8. The van der Waals surface area contributed by atoms with Crippen LogP contribution in [-0.2, 0) is 4.79 Å². The predicted molar refractivity (Wildman–Crippen MR) is 81.2 cm³/mol. The molecule has 1 aliphatic heterocycles. The summed E-state index contributed by atoms with van der Waals surface area (Å²) in [6.07, 6.45) is 1.02. The van der Waals surface area contributed by atoms with Crippen molar-refractivity contribution in [2.45, 2.75) is 13.3 Å². The highest BCUT2D eigenvalue weighted by molar-refractivity contribution is 6.30. The van der Waals surface area contributed by atoms with Crippen LogP contribution < -0.4 is 0 Å². The molecule has 0 N–H and O–H groups in total. The van der Waals surface area contributed by atoms with Gasteiger partial charge in [-0.2, -0.15) is 0 Å². The molecular weight excluding hydrogens is 288 g/mol. The van der Waals surface area contributed by atoms with Crippen LogP contribution in [0.15, 0.2) is 24.3 Å². The summed E-state index contributed by atoms with van der Waals surface area (Å²) < 4.78 is 0. The molecule has 2 amide bonds. The van der Waals surface area contributed by atoms with Crippen molar-refractivity contribution in [3.63, 3.8) is 0 Å². The summed E-state index contributed by atoms with van der Waals surface area (Å²) >= 11 is 5.83. The molecule has 21 heavy (non-hydrogen) atoms. The Morgan fingerprint density at radius 2 is 1.57 bits per heavy atom. The average Bonchev–Trinajstić information content (AvgIpc) is 3.24. The highest BCUT2D eigenvalue weighted by Crippen LogP contribution is 2.39. The molecule has 4 nitrogen and oxygen atoms in total. The normalized spacial score (nSPS) is 24.9. The zero-order chi connectivity index (χ0) is 15.0. The van der Waals surface area contributed by atoms with Crippen LogP contribution in [0.3, 0.4) is 0 Å². The van der Waals surface area contributed by atoms with Gasteiger partial charge in [-0.05, 0) is 36.6 Å². The first-order valence-corrected chi connectivity index (χ1v) is 7.77. The van der Waals surface area contributed by atoms with E-state index in [1.807, 2.05) is 9.80 Å². The van der Waals surface area contributed by atoms with Crippen LogP contribution in [0.1, 0.15) is 23.7 Å². The van der Waals surface area contributed by atoms with E-state index in [0.29, 0.717) is 42.7 Å². The number of amides is 2. The first-order valence-electron chi connectivity index (χ1n) is 7.40. The fourth-order valence-electron chi connectivity index (χ4n) is 2.81. The third-order valence-corrected chi connectivity index (χ3v) is 4.65. The van der Waals surface area contributed by atoms with E-state index in [1.165, 1.54) is 0 Å². The lowest BCUT2D eigenvalue weighted by Crippen LogP contribution is -2.51. The van der Waals surface area contributed by atoms with Gasteiger partial charge in [0.25, 0.3) is 5.91 Å². The summed E-state index contributed by atoms with van der Waals surface area (Å²) in [7, 11) is 0. The fourth-order valence-corrected chi connectivity index (χ4v) is 2.93. The molecule has 1 saturated heterocycles. The summed E-state index contributed by atoms with van der Waals surface area (Å²) in [6.45, 7) is 4.61. The molecule has 1 heterocycles. The molecule has 112 valence electrons. The number of nitrogens with zero attached hydrogens (tertiary/aromatic N) is 2. The van der Waals surface area contributed by atoms with Crippen molar-refractivity contribution in [2.24, 2.45) is 11.8 Å². The Kier molecular flexibility index (Phi) is 3.89. The maximum atomic E-state index is 12.4. The number of halogens is 1. The topological polar surface area (TPSA) is 40.6 Å². The molecule has 0 spiro atoms. The quantitative estimate of drug-likeness (QED) is 0.841. The van der Waals surface area contributed by atoms with Crippen molar-refractivity contribution in [2.75, 3.05) is 26.2 Å². The maximum Gasteiger partial charge on any atom is 0.253 e. The van der Waals surface area contributed by atoms with Crippen LogP contribution in [0, 0.1) is 11.8 Å². The van der Waals surface area contributed by atoms with E-state index < -0.39 is 0 Å². The standard InChI is InChI=1S/C16H19ClN2O2/c1-11-10-14(11)16(21)19-8-6-18(7-9-19)15(20)12-2-4-13(17)5-3-12/h2-5,11,14H,6-10H2,1H3. The number of hydrogen-bond donors (Lipinski definition) is 0. The SMILES string of the molecule is CC1CC1C(=O)N1CCN(C(=O)c2ccc(Cl)cc2)CC1. The Morgan fingerprint density at radius 1 is 1.05 bits per heavy atom. The molecule has 2 aliphatic rings. The maximum absolute atomic E-state index is 12.4. The second-order valence-corrected chi connectivity index (χ2v) is 6.38. The van der Waals surface area contributed by atoms with E-state index in [2.05, 4.69) is 6.92 Å². The number of piperazine rings is 1. The minimum absolute atomic E-state index is 0.0126. The van der Waals surface area contributed by atoms with Gasteiger partial charge in [0.1, 0.15) is 0 Å². The van der Waals surface area contributed by atoms with Crippen molar-refractivity contribution < 1.29 is 9.59 Å². The molecule has 1 aliphatic carbocycles. The Balaban J connectivity index is 1.56. The van der Waals surface area contributed by atoms with E-state index in [0.717, 1.165) is 6.42 Å². The molecule has 1 aromatic carbocycles. The first-order chi connectivity index (χ1) is 10.1. The Labute approximate surface area is 129 Å². The number of benzene rings is 1. The van der Waals surface area contributed by atoms with Gasteiger partial charge in [0.2, 0.25) is 5.91 Å². The third-order valence-electron chi connectivity index (χ3n) is 4.40. The lowest BCUT2D eigenvalue weighted by molar-refractivity contribution is -0.134. The van der Waals surface area contributed by atoms with Crippen molar-refractivity contribution in [1.29, 1.82) is 0 Å². The van der Waals surface area contributed by atoms with Gasteiger partial charge in [-0.1, -0.05) is 18.5 Å². The molecule has 3 rings (SSSR count). The second-order valence-electron chi connectivity index (χ2n) is 5.94. The minimum atomic E-state index is 0.0126. The Bertz CT molecular complexity index is 550. The van der Waals surface area contributed by atoms with Crippen molar-refractivity contribution in [3.05, 3.63) is 34.9 Å². The van der Waals surface area contributed by atoms with Crippen LogP contribution in [0.5, 0.6) is 0 Å². The molecule has 2 fully saturated rings. The van der Waals surface area contributed by atoms with E-state index >= 15 is 0 Å². The third kappa shape index (κ3) is 3.05. The number of rotatable bonds is 2. The predicted octanol–water partition coefficient (Wildman–Crippen LogP) is 2.28. The highest BCUT2D eigenvalue weighted by atomic mass is 35.5. The minimum Gasteiger partial charge on any atom is -0.339 e. The summed E-state index contributed by atoms with van der Waals surface area (Å²) in [4.78, 5) is 28.2. The lowest BCUT2D eigenvalue weighted by atomic mass is 10.1. The van der Waals surface area contributed by atoms with Gasteiger partial charge in [-0.3, -0.25) is 9.59 Å². The summed E-state index contributed by atoms with van der Waals surface area (Å²) in [5.74, 6) is 1.04. The van der Waals surface area contributed by atoms with Crippen molar-refractivity contribution >= 4 is 23.4 Å². The second kappa shape index (κ2) is 5.68. The molecule has 0 aromatic heterocycles. The van der Waals surface area contributed by atoms with Crippen molar-refractivity contribution in [1.82, 2.24) is 9.80 Å². The first kappa shape index (κ1) is 14.4. The van der Waals surface area contributed by atoms with E-state index in [-0.39, 0.29) is 17.7 Å². The van der Waals surface area contributed by atoms with E-state index in [9.17, 15) is 9.59 Å². The average molecular weight is 307 g/mol. The van der Waals surface area contributed by atoms with Gasteiger partial charge >= 0.3 is 0 Å². The molecule has 0 radical (unpaired) electrons.